The van der Waals surface area contributed by atoms with Gasteiger partial charge in [0.05, 0.1) is 33.4 Å². The molecule has 0 unspecified atom stereocenters. The molecule has 0 saturated heterocycles. The number of benzene rings is 2. The van der Waals surface area contributed by atoms with Gasteiger partial charge in [-0.3, -0.25) is 9.69 Å². The highest BCUT2D eigenvalue weighted by molar-refractivity contribution is 7.10. The van der Waals surface area contributed by atoms with E-state index in [9.17, 15) is 4.79 Å². The zero-order chi connectivity index (χ0) is 24.2. The van der Waals surface area contributed by atoms with Gasteiger partial charge in [-0.05, 0) is 53.3 Å². The van der Waals surface area contributed by atoms with E-state index in [1.165, 1.54) is 16.0 Å². The van der Waals surface area contributed by atoms with E-state index in [1.807, 2.05) is 18.2 Å². The molecule has 4 aromatic rings. The van der Waals surface area contributed by atoms with Gasteiger partial charge < -0.3 is 19.3 Å². The van der Waals surface area contributed by atoms with E-state index in [0.29, 0.717) is 29.6 Å². The summed E-state index contributed by atoms with van der Waals surface area (Å²) in [4.78, 5) is 20.4. The fourth-order valence-corrected chi connectivity index (χ4v) is 5.28. The molecule has 0 bridgehead atoms. The largest absolute Gasteiger partial charge is 0.493 e. The summed E-state index contributed by atoms with van der Waals surface area (Å²) in [7, 11) is 3.31. The van der Waals surface area contributed by atoms with Gasteiger partial charge in [-0.25, -0.2) is 0 Å². The molecule has 1 aliphatic rings. The standard InChI is InChI=1S/C26H26N4O4S/c1-32-20-13-18-10-11-30(25(22-9-6-12-35-22)19(18)14-21(20)33-2)16-24-28-23(29-34-24)15-27-26(31)17-7-4-3-5-8-17/h3-9,12-14,25H,10-11,15-16H2,1-2H3,(H,27,31)/t25-/m1/s1. The van der Waals surface area contributed by atoms with Gasteiger partial charge >= 0.3 is 0 Å². The first-order chi connectivity index (χ1) is 17.2. The first kappa shape index (κ1) is 23.1. The SMILES string of the molecule is COc1cc2c(cc1OC)[C@H](c1cccs1)N(Cc1nc(CNC(=O)c3ccccc3)no1)CC2. The molecule has 0 aliphatic carbocycles. The van der Waals surface area contributed by atoms with Gasteiger partial charge in [0.15, 0.2) is 17.3 Å². The number of methoxy groups -OCH3 is 2. The zero-order valence-corrected chi connectivity index (χ0v) is 20.4. The Bertz CT molecular complexity index is 1290. The van der Waals surface area contributed by atoms with Crippen LogP contribution in [0, 0.1) is 0 Å². The lowest BCUT2D eigenvalue weighted by Gasteiger charge is -2.36. The summed E-state index contributed by atoms with van der Waals surface area (Å²) in [6.07, 6.45) is 0.867. The summed E-state index contributed by atoms with van der Waals surface area (Å²) < 4.78 is 16.7. The van der Waals surface area contributed by atoms with Crippen LogP contribution in [0.3, 0.4) is 0 Å². The second-order valence-corrected chi connectivity index (χ2v) is 9.18. The van der Waals surface area contributed by atoms with E-state index in [2.05, 4.69) is 50.0 Å². The van der Waals surface area contributed by atoms with Crippen molar-refractivity contribution in [2.75, 3.05) is 20.8 Å². The van der Waals surface area contributed by atoms with Gasteiger partial charge in [-0.2, -0.15) is 4.98 Å². The lowest BCUT2D eigenvalue weighted by atomic mass is 9.91. The van der Waals surface area contributed by atoms with Crippen LogP contribution in [-0.2, 0) is 19.5 Å². The van der Waals surface area contributed by atoms with Crippen molar-refractivity contribution in [3.8, 4) is 11.5 Å². The highest BCUT2D eigenvalue weighted by Crippen LogP contribution is 2.42. The molecule has 1 amide bonds. The van der Waals surface area contributed by atoms with E-state index >= 15 is 0 Å². The average Bonchev–Trinajstić information content (AvgIpc) is 3.59. The van der Waals surface area contributed by atoms with E-state index in [4.69, 9.17) is 14.0 Å². The fourth-order valence-electron chi connectivity index (χ4n) is 4.40. The molecule has 0 spiro atoms. The highest BCUT2D eigenvalue weighted by Gasteiger charge is 2.32. The zero-order valence-electron chi connectivity index (χ0n) is 19.6. The minimum absolute atomic E-state index is 0.0340. The summed E-state index contributed by atoms with van der Waals surface area (Å²) in [6, 6.07) is 17.4. The molecule has 0 fully saturated rings. The molecule has 180 valence electrons. The van der Waals surface area contributed by atoms with Gasteiger partial charge in [0.25, 0.3) is 5.91 Å². The summed E-state index contributed by atoms with van der Waals surface area (Å²) in [5.41, 5.74) is 3.02. The predicted octanol–water partition coefficient (Wildman–Crippen LogP) is 4.23. The molecular formula is C26H26N4O4S. The lowest BCUT2D eigenvalue weighted by molar-refractivity contribution is 0.0949. The molecule has 0 radical (unpaired) electrons. The summed E-state index contributed by atoms with van der Waals surface area (Å²) in [6.45, 7) is 1.52. The van der Waals surface area contributed by atoms with Crippen molar-refractivity contribution in [3.05, 3.63) is 93.3 Å². The molecule has 5 rings (SSSR count). The van der Waals surface area contributed by atoms with Crippen LogP contribution in [0.15, 0.2) is 64.5 Å². The molecule has 35 heavy (non-hydrogen) atoms. The van der Waals surface area contributed by atoms with E-state index in [-0.39, 0.29) is 18.5 Å². The van der Waals surface area contributed by atoms with Crippen LogP contribution in [0.4, 0.5) is 0 Å². The number of nitrogens with one attached hydrogen (secondary N) is 1. The van der Waals surface area contributed by atoms with Crippen LogP contribution >= 0.6 is 11.3 Å². The van der Waals surface area contributed by atoms with Crippen LogP contribution < -0.4 is 14.8 Å². The van der Waals surface area contributed by atoms with E-state index < -0.39 is 0 Å². The van der Waals surface area contributed by atoms with Crippen molar-refractivity contribution in [1.82, 2.24) is 20.4 Å². The molecule has 1 atom stereocenters. The lowest BCUT2D eigenvalue weighted by Crippen LogP contribution is -2.35. The van der Waals surface area contributed by atoms with E-state index in [1.54, 1.807) is 37.7 Å². The number of hydrogen-bond donors (Lipinski definition) is 1. The van der Waals surface area contributed by atoms with Crippen molar-refractivity contribution in [2.24, 2.45) is 0 Å². The number of ether oxygens (including phenoxy) is 2. The van der Waals surface area contributed by atoms with Crippen LogP contribution in [0.25, 0.3) is 0 Å². The second-order valence-electron chi connectivity index (χ2n) is 8.20. The summed E-state index contributed by atoms with van der Waals surface area (Å²) >= 11 is 1.72. The number of nitrogens with zero attached hydrogens (tertiary/aromatic N) is 3. The number of fused-ring (bicyclic) bond motifs is 1. The molecular weight excluding hydrogens is 464 g/mol. The van der Waals surface area contributed by atoms with Crippen molar-refractivity contribution in [1.29, 1.82) is 0 Å². The maximum atomic E-state index is 12.3. The van der Waals surface area contributed by atoms with Crippen molar-refractivity contribution in [2.45, 2.75) is 25.6 Å². The number of thiophene rings is 1. The Morgan fingerprint density at radius 3 is 2.69 bits per heavy atom. The number of hydrogen-bond acceptors (Lipinski definition) is 8. The van der Waals surface area contributed by atoms with Crippen LogP contribution in [0.1, 0.15) is 44.1 Å². The Morgan fingerprint density at radius 2 is 1.94 bits per heavy atom. The Balaban J connectivity index is 1.34. The molecule has 9 heteroatoms. The number of aromatic nitrogens is 2. The van der Waals surface area contributed by atoms with Gasteiger partial charge in [0.2, 0.25) is 5.89 Å². The van der Waals surface area contributed by atoms with Gasteiger partial charge in [0.1, 0.15) is 0 Å². The fraction of sp³-hybridized carbons (Fsp3) is 0.269. The Labute approximate surface area is 207 Å². The van der Waals surface area contributed by atoms with Gasteiger partial charge in [-0.1, -0.05) is 29.4 Å². The average molecular weight is 491 g/mol. The summed E-state index contributed by atoms with van der Waals surface area (Å²) in [5.74, 6) is 2.24. The van der Waals surface area contributed by atoms with Crippen molar-refractivity contribution in [3.63, 3.8) is 0 Å². The monoisotopic (exact) mass is 490 g/mol. The molecule has 1 aliphatic heterocycles. The number of carbonyl (C=O) groups excluding carboxylic acids is 1. The van der Waals surface area contributed by atoms with Crippen molar-refractivity contribution >= 4 is 17.2 Å². The second kappa shape index (κ2) is 10.3. The third-order valence-corrected chi connectivity index (χ3v) is 7.00. The molecule has 8 nitrogen and oxygen atoms in total. The molecule has 3 heterocycles. The third-order valence-electron chi connectivity index (χ3n) is 6.08. The minimum atomic E-state index is -0.174. The number of carbonyl (C=O) groups is 1. The molecule has 2 aromatic heterocycles. The van der Waals surface area contributed by atoms with Crippen LogP contribution in [0.2, 0.25) is 0 Å². The Morgan fingerprint density at radius 1 is 1.14 bits per heavy atom. The quantitative estimate of drug-likeness (QED) is 0.395. The van der Waals surface area contributed by atoms with Crippen molar-refractivity contribution < 1.29 is 18.8 Å². The molecule has 2 aromatic carbocycles. The van der Waals surface area contributed by atoms with Crippen LogP contribution in [-0.4, -0.2) is 41.7 Å². The first-order valence-electron chi connectivity index (χ1n) is 11.3. The third kappa shape index (κ3) is 4.91. The Kier molecular flexibility index (Phi) is 6.78. The molecule has 0 saturated carbocycles. The minimum Gasteiger partial charge on any atom is -0.493 e. The first-order valence-corrected chi connectivity index (χ1v) is 12.2. The Hall–Kier alpha value is -3.69. The normalized spacial score (nSPS) is 15.4. The smallest absolute Gasteiger partial charge is 0.251 e. The van der Waals surface area contributed by atoms with Gasteiger partial charge in [-0.15, -0.1) is 11.3 Å². The predicted molar refractivity (Wildman–Crippen MR) is 132 cm³/mol. The maximum absolute atomic E-state index is 12.3. The van der Waals surface area contributed by atoms with E-state index in [0.717, 1.165) is 18.7 Å². The maximum Gasteiger partial charge on any atom is 0.251 e. The van der Waals surface area contributed by atoms with Gasteiger partial charge in [0, 0.05) is 17.0 Å². The summed E-state index contributed by atoms with van der Waals surface area (Å²) in [5, 5.41) is 8.99. The van der Waals surface area contributed by atoms with Crippen LogP contribution in [0.5, 0.6) is 11.5 Å². The highest BCUT2D eigenvalue weighted by atomic mass is 32.1. The number of amides is 1. The molecule has 1 N–H and O–H groups in total. The topological polar surface area (TPSA) is 89.7 Å². The number of rotatable bonds is 8.